The third-order valence-corrected chi connectivity index (χ3v) is 5.65. The predicted octanol–water partition coefficient (Wildman–Crippen LogP) is 3.21. The maximum Gasteiger partial charge on any atom is 0.471 e. The molecule has 0 aliphatic carbocycles. The van der Waals surface area contributed by atoms with Crippen LogP contribution in [0.4, 0.5) is 13.2 Å². The summed E-state index contributed by atoms with van der Waals surface area (Å²) in [6.45, 7) is 2.83. The molecular weight excluding hydrogens is 479 g/mol. The number of carbonyl (C=O) groups excluding carboxylic acids is 2. The first-order chi connectivity index (χ1) is 17.2. The number of hydrogen-bond donors (Lipinski definition) is 1. The molecule has 0 unspecified atom stereocenters. The summed E-state index contributed by atoms with van der Waals surface area (Å²) >= 11 is 0. The van der Waals surface area contributed by atoms with Crippen molar-refractivity contribution in [3.05, 3.63) is 70.6 Å². The van der Waals surface area contributed by atoms with Crippen molar-refractivity contribution in [3.63, 3.8) is 0 Å². The van der Waals surface area contributed by atoms with Crippen LogP contribution >= 0.6 is 0 Å². The molecule has 9 nitrogen and oxygen atoms in total. The summed E-state index contributed by atoms with van der Waals surface area (Å²) in [5.74, 6) is -2.36. The lowest BCUT2D eigenvalue weighted by molar-refractivity contribution is -0.159. The van der Waals surface area contributed by atoms with Gasteiger partial charge in [0.1, 0.15) is 0 Å². The van der Waals surface area contributed by atoms with Gasteiger partial charge >= 0.3 is 12.1 Å². The van der Waals surface area contributed by atoms with Crippen LogP contribution in [0.1, 0.15) is 37.7 Å². The highest BCUT2D eigenvalue weighted by Crippen LogP contribution is 2.29. The zero-order valence-corrected chi connectivity index (χ0v) is 19.0. The Bertz CT molecular complexity index is 1310. The molecule has 1 fully saturated rings. The number of rotatable bonds is 5. The van der Waals surface area contributed by atoms with Crippen LogP contribution in [0.2, 0.25) is 0 Å². The van der Waals surface area contributed by atoms with Gasteiger partial charge < -0.3 is 19.5 Å². The Kier molecular flexibility index (Phi) is 7.03. The highest BCUT2D eigenvalue weighted by Gasteiger charge is 2.38. The number of carbonyl (C=O) groups is 2. The van der Waals surface area contributed by atoms with Crippen molar-refractivity contribution >= 4 is 11.8 Å². The molecule has 0 saturated carbocycles. The molecule has 1 atom stereocenters. The van der Waals surface area contributed by atoms with Crippen LogP contribution in [0, 0.1) is 18.3 Å². The Morgan fingerprint density at radius 3 is 2.61 bits per heavy atom. The summed E-state index contributed by atoms with van der Waals surface area (Å²) in [6, 6.07) is 12.1. The Morgan fingerprint density at radius 1 is 1.22 bits per heavy atom. The first kappa shape index (κ1) is 24.9. The summed E-state index contributed by atoms with van der Waals surface area (Å²) < 4.78 is 47.7. The molecule has 186 valence electrons. The Morgan fingerprint density at radius 2 is 1.97 bits per heavy atom. The summed E-state index contributed by atoms with van der Waals surface area (Å²) in [7, 11) is 0. The van der Waals surface area contributed by atoms with E-state index in [0.29, 0.717) is 29.8 Å². The maximum atomic E-state index is 13.2. The van der Waals surface area contributed by atoms with Gasteiger partial charge in [-0.15, -0.1) is 0 Å². The van der Waals surface area contributed by atoms with E-state index in [9.17, 15) is 22.8 Å². The number of halogens is 3. The van der Waals surface area contributed by atoms with Crippen LogP contribution < -0.4 is 5.32 Å². The van der Waals surface area contributed by atoms with E-state index in [4.69, 9.17) is 10.00 Å². The van der Waals surface area contributed by atoms with Gasteiger partial charge in [0.15, 0.2) is 0 Å². The van der Waals surface area contributed by atoms with Crippen LogP contribution in [-0.4, -0.2) is 59.2 Å². The maximum absolute atomic E-state index is 13.2. The first-order valence-corrected chi connectivity index (χ1v) is 10.9. The molecule has 12 heteroatoms. The van der Waals surface area contributed by atoms with Crippen LogP contribution in [0.5, 0.6) is 0 Å². The number of benzene rings is 2. The smallest absolute Gasteiger partial charge is 0.377 e. The zero-order chi connectivity index (χ0) is 25.9. The van der Waals surface area contributed by atoms with E-state index < -0.39 is 24.0 Å². The van der Waals surface area contributed by atoms with E-state index in [1.165, 1.54) is 24.3 Å². The fraction of sp³-hybridized carbons (Fsp3) is 0.292. The summed E-state index contributed by atoms with van der Waals surface area (Å²) in [6.07, 6.45) is -4.75. The van der Waals surface area contributed by atoms with E-state index in [1.807, 2.05) is 6.07 Å². The highest BCUT2D eigenvalue weighted by atomic mass is 19.4. The molecule has 2 heterocycles. The predicted molar refractivity (Wildman–Crippen MR) is 119 cm³/mol. The number of hydrogen-bond acceptors (Lipinski definition) is 7. The van der Waals surface area contributed by atoms with Crippen LogP contribution in [-0.2, 0) is 10.9 Å². The highest BCUT2D eigenvalue weighted by molar-refractivity contribution is 5.96. The lowest BCUT2D eigenvalue weighted by Gasteiger charge is -2.36. The number of amides is 2. The Balaban J connectivity index is 1.40. The molecule has 36 heavy (non-hydrogen) atoms. The fourth-order valence-corrected chi connectivity index (χ4v) is 3.76. The second kappa shape index (κ2) is 10.2. The molecule has 1 N–H and O–H groups in total. The van der Waals surface area contributed by atoms with Crippen molar-refractivity contribution in [2.75, 3.05) is 26.3 Å². The number of nitrogens with zero attached hydrogens (tertiary/aromatic N) is 4. The number of ether oxygens (including phenoxy) is 1. The number of nitrogens with one attached hydrogen (secondary N) is 1. The SMILES string of the molecule is Cc1cc(C#N)ccc1C(=O)N1CCOC[C@@H]1CNC(=O)c1ccc(-c2noc(C(F)(F)F)n2)cc1. The largest absolute Gasteiger partial charge is 0.471 e. The minimum absolute atomic E-state index is 0.126. The molecular formula is C24H20F3N5O4. The van der Waals surface area contributed by atoms with Crippen molar-refractivity contribution < 1.29 is 32.0 Å². The number of morpholine rings is 1. The van der Waals surface area contributed by atoms with Crippen molar-refractivity contribution in [1.29, 1.82) is 5.26 Å². The van der Waals surface area contributed by atoms with Gasteiger partial charge in [0.25, 0.3) is 11.8 Å². The van der Waals surface area contributed by atoms with Gasteiger partial charge in [-0.2, -0.15) is 23.4 Å². The summed E-state index contributed by atoms with van der Waals surface area (Å²) in [5, 5.41) is 15.1. The zero-order valence-electron chi connectivity index (χ0n) is 19.0. The normalized spacial score (nSPS) is 15.9. The van der Waals surface area contributed by atoms with Crippen LogP contribution in [0.25, 0.3) is 11.4 Å². The summed E-state index contributed by atoms with van der Waals surface area (Å²) in [4.78, 5) is 30.8. The molecule has 4 rings (SSSR count). The minimum atomic E-state index is -4.75. The number of aromatic nitrogens is 2. The van der Waals surface area contributed by atoms with Gasteiger partial charge in [-0.25, -0.2) is 0 Å². The molecule has 1 saturated heterocycles. The van der Waals surface area contributed by atoms with E-state index in [2.05, 4.69) is 20.0 Å². The average molecular weight is 499 g/mol. The molecule has 2 aromatic carbocycles. The van der Waals surface area contributed by atoms with Crippen molar-refractivity contribution in [1.82, 2.24) is 20.4 Å². The second-order valence-electron chi connectivity index (χ2n) is 8.08. The molecule has 2 amide bonds. The van der Waals surface area contributed by atoms with Crippen LogP contribution in [0.3, 0.4) is 0 Å². The number of alkyl halides is 3. The molecule has 1 aliphatic heterocycles. The lowest BCUT2D eigenvalue weighted by Crippen LogP contribution is -2.53. The Hall–Kier alpha value is -4.24. The van der Waals surface area contributed by atoms with Gasteiger partial charge in [-0.1, -0.05) is 17.3 Å². The molecule has 0 spiro atoms. The van der Waals surface area contributed by atoms with Crippen molar-refractivity contribution in [2.24, 2.45) is 0 Å². The third-order valence-electron chi connectivity index (χ3n) is 5.65. The number of nitriles is 1. The molecule has 3 aromatic rings. The lowest BCUT2D eigenvalue weighted by atomic mass is 10.0. The van der Waals surface area contributed by atoms with Crippen LogP contribution in [0.15, 0.2) is 47.0 Å². The molecule has 0 bridgehead atoms. The van der Waals surface area contributed by atoms with Gasteiger partial charge in [0.05, 0.1) is 30.9 Å². The first-order valence-electron chi connectivity index (χ1n) is 10.9. The minimum Gasteiger partial charge on any atom is -0.377 e. The second-order valence-corrected chi connectivity index (χ2v) is 8.08. The molecule has 0 radical (unpaired) electrons. The number of aryl methyl sites for hydroxylation is 1. The van der Waals surface area contributed by atoms with Gasteiger partial charge in [-0.05, 0) is 42.8 Å². The fourth-order valence-electron chi connectivity index (χ4n) is 3.76. The monoisotopic (exact) mass is 499 g/mol. The van der Waals surface area contributed by atoms with Gasteiger partial charge in [-0.3, -0.25) is 9.59 Å². The van der Waals surface area contributed by atoms with Crippen molar-refractivity contribution in [2.45, 2.75) is 19.1 Å². The standard InChI is InChI=1S/C24H20F3N5O4/c1-14-10-15(11-28)2-7-19(14)22(34)32-8-9-35-13-18(32)12-29-21(33)17-5-3-16(4-6-17)20-30-23(36-31-20)24(25,26)27/h2-7,10,18H,8-9,12-13H2,1H3,(H,29,33)/t18-/m0/s1. The van der Waals surface area contributed by atoms with E-state index in [1.54, 1.807) is 30.0 Å². The van der Waals surface area contributed by atoms with E-state index in [0.717, 1.165) is 0 Å². The molecule has 1 aromatic heterocycles. The van der Waals surface area contributed by atoms with E-state index >= 15 is 0 Å². The third kappa shape index (κ3) is 5.36. The topological polar surface area (TPSA) is 121 Å². The summed E-state index contributed by atoms with van der Waals surface area (Å²) in [5.41, 5.74) is 2.12. The van der Waals surface area contributed by atoms with Gasteiger partial charge in [0.2, 0.25) is 5.82 Å². The average Bonchev–Trinajstić information content (AvgIpc) is 3.38. The Labute approximate surface area is 203 Å². The molecule has 1 aliphatic rings. The van der Waals surface area contributed by atoms with Crippen molar-refractivity contribution in [3.8, 4) is 17.5 Å². The van der Waals surface area contributed by atoms with E-state index in [-0.39, 0.29) is 36.0 Å². The van der Waals surface area contributed by atoms with Gasteiger partial charge in [0, 0.05) is 29.8 Å². The quantitative estimate of drug-likeness (QED) is 0.572.